The lowest BCUT2D eigenvalue weighted by Gasteiger charge is -2.35. The van der Waals surface area contributed by atoms with Crippen molar-refractivity contribution in [2.45, 2.75) is 19.9 Å². The Morgan fingerprint density at radius 3 is 2.72 bits per heavy atom. The third-order valence-electron chi connectivity index (χ3n) is 5.26. The molecule has 2 aromatic heterocycles. The second-order valence-electron chi connectivity index (χ2n) is 7.34. The van der Waals surface area contributed by atoms with Gasteiger partial charge in [0.25, 0.3) is 0 Å². The molecule has 0 saturated heterocycles. The molecule has 8 nitrogen and oxygen atoms in total. The molecule has 1 unspecified atom stereocenters. The SMILES string of the molecule is CCOC(=O)c1nnc2n1C(c1ccc(Br)cc1)c1cncnc1N2c1cccc(C)c1. The molecule has 9 heteroatoms. The fourth-order valence-electron chi connectivity index (χ4n) is 3.93. The minimum atomic E-state index is -0.530. The van der Waals surface area contributed by atoms with Crippen molar-refractivity contribution < 1.29 is 9.53 Å². The van der Waals surface area contributed by atoms with Crippen LogP contribution in [0.4, 0.5) is 17.5 Å². The van der Waals surface area contributed by atoms with Gasteiger partial charge in [0, 0.05) is 16.2 Å². The Labute approximate surface area is 193 Å². The number of esters is 1. The van der Waals surface area contributed by atoms with Crippen molar-refractivity contribution in [1.29, 1.82) is 0 Å². The predicted molar refractivity (Wildman–Crippen MR) is 122 cm³/mol. The number of benzene rings is 2. The lowest BCUT2D eigenvalue weighted by atomic mass is 9.97. The molecule has 4 aromatic rings. The van der Waals surface area contributed by atoms with E-state index in [9.17, 15) is 4.79 Å². The highest BCUT2D eigenvalue weighted by molar-refractivity contribution is 9.10. The summed E-state index contributed by atoms with van der Waals surface area (Å²) in [5.41, 5.74) is 3.72. The summed E-state index contributed by atoms with van der Waals surface area (Å²) in [7, 11) is 0. The van der Waals surface area contributed by atoms with Crippen LogP contribution in [0.1, 0.15) is 40.3 Å². The first kappa shape index (κ1) is 20.3. The zero-order valence-electron chi connectivity index (χ0n) is 17.4. The van der Waals surface area contributed by atoms with Crippen molar-refractivity contribution in [3.63, 3.8) is 0 Å². The van der Waals surface area contributed by atoms with Crippen LogP contribution in [0.25, 0.3) is 0 Å². The third kappa shape index (κ3) is 3.34. The number of rotatable bonds is 4. The van der Waals surface area contributed by atoms with Crippen LogP contribution in [-0.2, 0) is 4.74 Å². The van der Waals surface area contributed by atoms with Gasteiger partial charge in [0.05, 0.1) is 18.3 Å². The first-order valence-electron chi connectivity index (χ1n) is 10.1. The van der Waals surface area contributed by atoms with E-state index in [1.165, 1.54) is 6.33 Å². The highest BCUT2D eigenvalue weighted by Crippen LogP contribution is 2.46. The second-order valence-corrected chi connectivity index (χ2v) is 8.26. The van der Waals surface area contributed by atoms with Crippen LogP contribution < -0.4 is 4.90 Å². The number of fused-ring (bicyclic) bond motifs is 2. The molecule has 2 aromatic carbocycles. The smallest absolute Gasteiger partial charge is 0.376 e. The molecule has 0 bridgehead atoms. The summed E-state index contributed by atoms with van der Waals surface area (Å²) in [6.07, 6.45) is 3.29. The molecule has 160 valence electrons. The Morgan fingerprint density at radius 1 is 1.16 bits per heavy atom. The Morgan fingerprint density at radius 2 is 1.97 bits per heavy atom. The Balaban J connectivity index is 1.80. The molecule has 0 spiro atoms. The van der Waals surface area contributed by atoms with E-state index in [-0.39, 0.29) is 12.4 Å². The van der Waals surface area contributed by atoms with Crippen LogP contribution in [0.2, 0.25) is 0 Å². The van der Waals surface area contributed by atoms with Crippen molar-refractivity contribution >= 4 is 39.4 Å². The number of ether oxygens (including phenoxy) is 1. The van der Waals surface area contributed by atoms with Gasteiger partial charge in [-0.1, -0.05) is 40.2 Å². The van der Waals surface area contributed by atoms with E-state index in [1.807, 2.05) is 60.4 Å². The van der Waals surface area contributed by atoms with Gasteiger partial charge in [-0.2, -0.15) is 0 Å². The summed E-state index contributed by atoms with van der Waals surface area (Å²) in [6.45, 7) is 4.03. The van der Waals surface area contributed by atoms with E-state index >= 15 is 0 Å². The van der Waals surface area contributed by atoms with Gasteiger partial charge in [-0.15, -0.1) is 10.2 Å². The normalized spacial score (nSPS) is 14.6. The fraction of sp³-hybridized carbons (Fsp3) is 0.174. The van der Waals surface area contributed by atoms with E-state index < -0.39 is 12.0 Å². The van der Waals surface area contributed by atoms with Crippen LogP contribution in [0.3, 0.4) is 0 Å². The molecule has 0 amide bonds. The molecule has 0 radical (unpaired) electrons. The number of hydrogen-bond donors (Lipinski definition) is 0. The van der Waals surface area contributed by atoms with E-state index in [1.54, 1.807) is 17.7 Å². The number of anilines is 3. The van der Waals surface area contributed by atoms with Crippen LogP contribution >= 0.6 is 15.9 Å². The largest absolute Gasteiger partial charge is 0.460 e. The lowest BCUT2D eigenvalue weighted by Crippen LogP contribution is -2.30. The van der Waals surface area contributed by atoms with Gasteiger partial charge in [0.1, 0.15) is 12.1 Å². The average molecular weight is 491 g/mol. The van der Waals surface area contributed by atoms with Crippen LogP contribution in [-0.4, -0.2) is 37.3 Å². The lowest BCUT2D eigenvalue weighted by molar-refractivity contribution is 0.0505. The van der Waals surface area contributed by atoms with Gasteiger partial charge in [-0.05, 0) is 49.2 Å². The van der Waals surface area contributed by atoms with Gasteiger partial charge >= 0.3 is 5.97 Å². The topological polar surface area (TPSA) is 86.0 Å². The number of aryl methyl sites for hydroxylation is 1. The number of hydrogen-bond acceptors (Lipinski definition) is 7. The first-order chi connectivity index (χ1) is 15.6. The Kier molecular flexibility index (Phi) is 5.18. The summed E-state index contributed by atoms with van der Waals surface area (Å²) in [6, 6.07) is 15.5. The number of halogens is 1. The van der Waals surface area contributed by atoms with Gasteiger partial charge in [0.15, 0.2) is 0 Å². The molecule has 0 N–H and O–H groups in total. The number of carbonyl (C=O) groups is 1. The maximum absolute atomic E-state index is 12.8. The van der Waals surface area contributed by atoms with Crippen molar-refractivity contribution in [1.82, 2.24) is 24.7 Å². The third-order valence-corrected chi connectivity index (χ3v) is 5.79. The van der Waals surface area contributed by atoms with E-state index in [0.717, 1.165) is 26.9 Å². The summed E-state index contributed by atoms with van der Waals surface area (Å²) < 4.78 is 8.04. The molecule has 0 aliphatic carbocycles. The van der Waals surface area contributed by atoms with E-state index in [0.29, 0.717) is 11.8 Å². The maximum atomic E-state index is 12.8. The van der Waals surface area contributed by atoms with Crippen LogP contribution in [0.15, 0.2) is 65.5 Å². The molecular formula is C23H19BrN6O2. The van der Waals surface area contributed by atoms with Gasteiger partial charge < -0.3 is 4.74 Å². The number of aromatic nitrogens is 5. The zero-order valence-corrected chi connectivity index (χ0v) is 19.0. The first-order valence-corrected chi connectivity index (χ1v) is 10.9. The monoisotopic (exact) mass is 490 g/mol. The predicted octanol–water partition coefficient (Wildman–Crippen LogP) is 4.74. The maximum Gasteiger partial charge on any atom is 0.376 e. The van der Waals surface area contributed by atoms with E-state index in [2.05, 4.69) is 36.1 Å². The Hall–Kier alpha value is -3.59. The molecule has 1 aliphatic rings. The molecule has 1 aliphatic heterocycles. The molecule has 3 heterocycles. The van der Waals surface area contributed by atoms with Crippen molar-refractivity contribution in [3.05, 3.63) is 88.0 Å². The Bertz CT molecular complexity index is 1300. The van der Waals surface area contributed by atoms with Crippen molar-refractivity contribution in [2.75, 3.05) is 11.5 Å². The summed E-state index contributed by atoms with van der Waals surface area (Å²) in [5, 5.41) is 8.64. The highest BCUT2D eigenvalue weighted by atomic mass is 79.9. The molecule has 0 saturated carbocycles. The quantitative estimate of drug-likeness (QED) is 0.336. The van der Waals surface area contributed by atoms with Gasteiger partial charge in [0.2, 0.25) is 11.8 Å². The molecule has 5 rings (SSSR count). The molecule has 1 atom stereocenters. The van der Waals surface area contributed by atoms with Gasteiger partial charge in [-0.25, -0.2) is 14.8 Å². The van der Waals surface area contributed by atoms with E-state index in [4.69, 9.17) is 4.74 Å². The second kappa shape index (κ2) is 8.16. The fourth-order valence-corrected chi connectivity index (χ4v) is 4.20. The van der Waals surface area contributed by atoms with Gasteiger partial charge in [-0.3, -0.25) is 9.47 Å². The summed E-state index contributed by atoms with van der Waals surface area (Å²) >= 11 is 3.49. The van der Waals surface area contributed by atoms with Crippen molar-refractivity contribution in [2.24, 2.45) is 0 Å². The number of nitrogens with zero attached hydrogens (tertiary/aromatic N) is 6. The van der Waals surface area contributed by atoms with Crippen LogP contribution in [0, 0.1) is 6.92 Å². The molecule has 32 heavy (non-hydrogen) atoms. The standard InChI is InChI=1S/C23H19BrN6O2/c1-3-32-22(31)21-27-28-23-29(17-6-4-5-14(2)11-17)20-18(12-25-13-26-20)19(30(21)23)15-7-9-16(24)10-8-15/h4-13,19H,3H2,1-2H3. The molecular weight excluding hydrogens is 472 g/mol. The minimum Gasteiger partial charge on any atom is -0.460 e. The van der Waals surface area contributed by atoms with Crippen LogP contribution in [0.5, 0.6) is 0 Å². The summed E-state index contributed by atoms with van der Waals surface area (Å²) in [4.78, 5) is 23.6. The summed E-state index contributed by atoms with van der Waals surface area (Å²) in [5.74, 6) is 0.770. The minimum absolute atomic E-state index is 0.127. The average Bonchev–Trinajstić information content (AvgIpc) is 3.23. The highest BCUT2D eigenvalue weighted by Gasteiger charge is 2.39. The number of carbonyl (C=O) groups excluding carboxylic acids is 1. The zero-order chi connectivity index (χ0) is 22.2. The molecule has 0 fully saturated rings. The van der Waals surface area contributed by atoms with Crippen molar-refractivity contribution in [3.8, 4) is 0 Å².